The molecular formula is C20H24N2O2. The van der Waals surface area contributed by atoms with Gasteiger partial charge in [0.05, 0.1) is 6.04 Å². The molecule has 0 spiro atoms. The maximum Gasteiger partial charge on any atom is 0.223 e. The van der Waals surface area contributed by atoms with Crippen molar-refractivity contribution in [2.75, 3.05) is 13.1 Å². The van der Waals surface area contributed by atoms with E-state index >= 15 is 0 Å². The summed E-state index contributed by atoms with van der Waals surface area (Å²) in [6.45, 7) is 5.89. The van der Waals surface area contributed by atoms with Gasteiger partial charge in [0.25, 0.3) is 0 Å². The lowest BCUT2D eigenvalue weighted by Crippen LogP contribution is -2.49. The van der Waals surface area contributed by atoms with Crippen molar-refractivity contribution < 1.29 is 9.53 Å². The third-order valence-corrected chi connectivity index (χ3v) is 4.65. The van der Waals surface area contributed by atoms with Crippen molar-refractivity contribution in [1.29, 1.82) is 0 Å². The number of benzene rings is 2. The SMILES string of the molecule is CC(NC(=O)C(C)C1CNC1)c1ccc(Oc2ccccc2)cc1. The molecule has 2 N–H and O–H groups in total. The standard InChI is InChI=1S/C20H24N2O2/c1-14(17-12-21-13-17)20(23)22-15(2)16-8-10-19(11-9-16)24-18-6-4-3-5-7-18/h3-11,14-15,17,21H,12-13H2,1-2H3,(H,22,23). The molecule has 0 aromatic heterocycles. The summed E-state index contributed by atoms with van der Waals surface area (Å²) in [5, 5.41) is 6.32. The Hall–Kier alpha value is -2.33. The van der Waals surface area contributed by atoms with E-state index in [1.807, 2.05) is 68.4 Å². The number of carbonyl (C=O) groups excluding carboxylic acids is 1. The van der Waals surface area contributed by atoms with Crippen molar-refractivity contribution in [3.63, 3.8) is 0 Å². The molecule has 0 radical (unpaired) electrons. The fourth-order valence-corrected chi connectivity index (χ4v) is 2.76. The Morgan fingerprint density at radius 1 is 1.04 bits per heavy atom. The number of carbonyl (C=O) groups is 1. The van der Waals surface area contributed by atoms with E-state index in [0.717, 1.165) is 30.2 Å². The molecule has 2 aromatic carbocycles. The molecule has 126 valence electrons. The van der Waals surface area contributed by atoms with E-state index in [2.05, 4.69) is 10.6 Å². The quantitative estimate of drug-likeness (QED) is 0.855. The average Bonchev–Trinajstić information content (AvgIpc) is 2.54. The number of hydrogen-bond donors (Lipinski definition) is 2. The lowest BCUT2D eigenvalue weighted by molar-refractivity contribution is -0.127. The smallest absolute Gasteiger partial charge is 0.223 e. The minimum absolute atomic E-state index is 0.0150. The van der Waals surface area contributed by atoms with Crippen LogP contribution < -0.4 is 15.4 Å². The molecular weight excluding hydrogens is 300 g/mol. The Bertz CT molecular complexity index is 666. The summed E-state index contributed by atoms with van der Waals surface area (Å²) in [5.41, 5.74) is 1.07. The van der Waals surface area contributed by atoms with Crippen LogP contribution in [0.15, 0.2) is 54.6 Å². The van der Waals surface area contributed by atoms with Crippen LogP contribution in [0.4, 0.5) is 0 Å². The summed E-state index contributed by atoms with van der Waals surface area (Å²) in [5.74, 6) is 2.23. The molecule has 1 aliphatic rings. The second-order valence-corrected chi connectivity index (χ2v) is 6.42. The molecule has 0 aliphatic carbocycles. The minimum atomic E-state index is -0.0150. The van der Waals surface area contributed by atoms with Crippen molar-refractivity contribution in [2.24, 2.45) is 11.8 Å². The molecule has 2 aromatic rings. The first-order chi connectivity index (χ1) is 11.6. The van der Waals surface area contributed by atoms with Crippen LogP contribution in [0.1, 0.15) is 25.5 Å². The molecule has 1 saturated heterocycles. The number of rotatable bonds is 6. The zero-order valence-corrected chi connectivity index (χ0v) is 14.2. The fraction of sp³-hybridized carbons (Fsp3) is 0.350. The van der Waals surface area contributed by atoms with Gasteiger partial charge < -0.3 is 15.4 Å². The Balaban J connectivity index is 1.57. The second kappa shape index (κ2) is 7.49. The molecule has 24 heavy (non-hydrogen) atoms. The van der Waals surface area contributed by atoms with E-state index in [1.54, 1.807) is 0 Å². The Morgan fingerprint density at radius 2 is 1.67 bits per heavy atom. The summed E-state index contributed by atoms with van der Waals surface area (Å²) in [4.78, 5) is 12.3. The van der Waals surface area contributed by atoms with Gasteiger partial charge in [0.1, 0.15) is 11.5 Å². The predicted octanol–water partition coefficient (Wildman–Crippen LogP) is 3.51. The molecule has 2 atom stereocenters. The van der Waals surface area contributed by atoms with Crippen LogP contribution in [0.5, 0.6) is 11.5 Å². The van der Waals surface area contributed by atoms with Gasteiger partial charge in [0, 0.05) is 5.92 Å². The number of amides is 1. The van der Waals surface area contributed by atoms with Crippen LogP contribution in [0, 0.1) is 11.8 Å². The summed E-state index contributed by atoms with van der Waals surface area (Å²) >= 11 is 0. The highest BCUT2D eigenvalue weighted by Gasteiger charge is 2.29. The molecule has 1 amide bonds. The second-order valence-electron chi connectivity index (χ2n) is 6.42. The van der Waals surface area contributed by atoms with E-state index in [1.165, 1.54) is 0 Å². The lowest BCUT2D eigenvalue weighted by Gasteiger charge is -2.32. The van der Waals surface area contributed by atoms with Crippen molar-refractivity contribution >= 4 is 5.91 Å². The highest BCUT2D eigenvalue weighted by atomic mass is 16.5. The molecule has 1 fully saturated rings. The van der Waals surface area contributed by atoms with Gasteiger partial charge in [-0.2, -0.15) is 0 Å². The monoisotopic (exact) mass is 324 g/mol. The van der Waals surface area contributed by atoms with Crippen LogP contribution >= 0.6 is 0 Å². The zero-order valence-electron chi connectivity index (χ0n) is 14.2. The number of hydrogen-bond acceptors (Lipinski definition) is 3. The highest BCUT2D eigenvalue weighted by molar-refractivity contribution is 5.79. The van der Waals surface area contributed by atoms with Gasteiger partial charge in [0.2, 0.25) is 5.91 Å². The van der Waals surface area contributed by atoms with Crippen LogP contribution in [0.3, 0.4) is 0 Å². The topological polar surface area (TPSA) is 50.4 Å². The van der Waals surface area contributed by atoms with Crippen molar-refractivity contribution in [3.05, 3.63) is 60.2 Å². The Kier molecular flexibility index (Phi) is 5.16. The van der Waals surface area contributed by atoms with E-state index < -0.39 is 0 Å². The van der Waals surface area contributed by atoms with Crippen molar-refractivity contribution in [3.8, 4) is 11.5 Å². The fourth-order valence-electron chi connectivity index (χ4n) is 2.76. The first-order valence-corrected chi connectivity index (χ1v) is 8.47. The van der Waals surface area contributed by atoms with Crippen molar-refractivity contribution in [1.82, 2.24) is 10.6 Å². The molecule has 1 heterocycles. The van der Waals surface area contributed by atoms with Gasteiger partial charge in [-0.05, 0) is 55.8 Å². The average molecular weight is 324 g/mol. The third-order valence-electron chi connectivity index (χ3n) is 4.65. The summed E-state index contributed by atoms with van der Waals surface area (Å²) in [6.07, 6.45) is 0. The Morgan fingerprint density at radius 3 is 2.25 bits per heavy atom. The van der Waals surface area contributed by atoms with E-state index in [9.17, 15) is 4.79 Å². The first-order valence-electron chi connectivity index (χ1n) is 8.47. The summed E-state index contributed by atoms with van der Waals surface area (Å²) in [6, 6.07) is 17.5. The minimum Gasteiger partial charge on any atom is -0.457 e. The lowest BCUT2D eigenvalue weighted by atomic mass is 9.88. The first kappa shape index (κ1) is 16.5. The molecule has 2 unspecified atom stereocenters. The molecule has 4 heteroatoms. The largest absolute Gasteiger partial charge is 0.457 e. The van der Waals surface area contributed by atoms with Gasteiger partial charge in [-0.25, -0.2) is 0 Å². The van der Waals surface area contributed by atoms with Gasteiger partial charge in [-0.1, -0.05) is 37.3 Å². The van der Waals surface area contributed by atoms with Crippen LogP contribution in [-0.4, -0.2) is 19.0 Å². The van der Waals surface area contributed by atoms with Gasteiger partial charge >= 0.3 is 0 Å². The molecule has 4 nitrogen and oxygen atoms in total. The number of ether oxygens (including phenoxy) is 1. The van der Waals surface area contributed by atoms with E-state index in [0.29, 0.717) is 5.92 Å². The summed E-state index contributed by atoms with van der Waals surface area (Å²) < 4.78 is 5.79. The van der Waals surface area contributed by atoms with Gasteiger partial charge in [-0.15, -0.1) is 0 Å². The third kappa shape index (κ3) is 3.95. The molecule has 0 bridgehead atoms. The molecule has 0 saturated carbocycles. The van der Waals surface area contributed by atoms with Crippen molar-refractivity contribution in [2.45, 2.75) is 19.9 Å². The van der Waals surface area contributed by atoms with E-state index in [4.69, 9.17) is 4.74 Å². The normalized spacial score (nSPS) is 16.8. The van der Waals surface area contributed by atoms with Gasteiger partial charge in [0.15, 0.2) is 0 Å². The van der Waals surface area contributed by atoms with Crippen LogP contribution in [-0.2, 0) is 4.79 Å². The number of para-hydroxylation sites is 1. The predicted molar refractivity (Wildman–Crippen MR) is 95.0 cm³/mol. The van der Waals surface area contributed by atoms with Crippen LogP contribution in [0.2, 0.25) is 0 Å². The molecule has 3 rings (SSSR count). The van der Waals surface area contributed by atoms with Crippen LogP contribution in [0.25, 0.3) is 0 Å². The Labute approximate surface area is 143 Å². The maximum atomic E-state index is 12.3. The van der Waals surface area contributed by atoms with E-state index in [-0.39, 0.29) is 17.9 Å². The molecule has 1 aliphatic heterocycles. The van der Waals surface area contributed by atoms with Gasteiger partial charge in [-0.3, -0.25) is 4.79 Å². The maximum absolute atomic E-state index is 12.3. The zero-order chi connectivity index (χ0) is 16.9. The number of nitrogens with one attached hydrogen (secondary N) is 2. The highest BCUT2D eigenvalue weighted by Crippen LogP contribution is 2.24. The summed E-state index contributed by atoms with van der Waals surface area (Å²) in [7, 11) is 0.